The Morgan fingerprint density at radius 3 is 2.89 bits per heavy atom. The van der Waals surface area contributed by atoms with E-state index in [-0.39, 0.29) is 24.9 Å². The third kappa shape index (κ3) is 3.33. The van der Waals surface area contributed by atoms with Crippen LogP contribution in [0, 0.1) is 6.92 Å². The molecule has 0 bridgehead atoms. The van der Waals surface area contributed by atoms with Gasteiger partial charge in [0.2, 0.25) is 5.91 Å². The highest BCUT2D eigenvalue weighted by Crippen LogP contribution is 2.20. The van der Waals surface area contributed by atoms with Crippen LogP contribution in [-0.4, -0.2) is 44.3 Å². The number of aliphatic carboxylic acids is 1. The van der Waals surface area contributed by atoms with E-state index in [1.54, 1.807) is 15.8 Å². The molecule has 0 saturated carbocycles. The quantitative estimate of drug-likeness (QED) is 0.882. The molecule has 1 aliphatic rings. The first-order valence-corrected chi connectivity index (χ1v) is 6.57. The van der Waals surface area contributed by atoms with E-state index in [1.165, 1.54) is 0 Å². The topological polar surface area (TPSA) is 75.4 Å². The maximum absolute atomic E-state index is 12.3. The summed E-state index contributed by atoms with van der Waals surface area (Å²) < 4.78 is 1.65. The normalized spacial score (nSPS) is 19.4. The number of carbonyl (C=O) groups excluding carboxylic acids is 1. The lowest BCUT2D eigenvalue weighted by Gasteiger charge is -2.35. The molecule has 1 aromatic heterocycles. The van der Waals surface area contributed by atoms with Gasteiger partial charge in [-0.2, -0.15) is 5.10 Å². The minimum Gasteiger partial charge on any atom is -0.481 e. The third-order valence-electron chi connectivity index (χ3n) is 3.57. The smallest absolute Gasteiger partial charge is 0.305 e. The fourth-order valence-corrected chi connectivity index (χ4v) is 2.53. The van der Waals surface area contributed by atoms with Crippen LogP contribution >= 0.6 is 0 Å². The number of carbonyl (C=O) groups is 2. The maximum atomic E-state index is 12.3. The van der Waals surface area contributed by atoms with Crippen molar-refractivity contribution in [2.45, 2.75) is 45.2 Å². The lowest BCUT2D eigenvalue weighted by Crippen LogP contribution is -2.46. The Labute approximate surface area is 112 Å². The van der Waals surface area contributed by atoms with Gasteiger partial charge < -0.3 is 10.0 Å². The van der Waals surface area contributed by atoms with Crippen LogP contribution < -0.4 is 0 Å². The summed E-state index contributed by atoms with van der Waals surface area (Å²) in [6.07, 6.45) is 4.40. The summed E-state index contributed by atoms with van der Waals surface area (Å²) in [5, 5.41) is 13.0. The first kappa shape index (κ1) is 13.6. The van der Waals surface area contributed by atoms with Gasteiger partial charge in [-0.1, -0.05) is 0 Å². The van der Waals surface area contributed by atoms with Crippen molar-refractivity contribution in [1.29, 1.82) is 0 Å². The number of aryl methyl sites for hydroxylation is 1. The molecule has 6 nitrogen and oxygen atoms in total. The van der Waals surface area contributed by atoms with Gasteiger partial charge in [-0.05, 0) is 32.3 Å². The second-order valence-electron chi connectivity index (χ2n) is 4.96. The predicted molar refractivity (Wildman–Crippen MR) is 68.6 cm³/mol. The summed E-state index contributed by atoms with van der Waals surface area (Å²) >= 11 is 0. The molecule has 1 N–H and O–H groups in total. The van der Waals surface area contributed by atoms with E-state index in [9.17, 15) is 9.59 Å². The highest BCUT2D eigenvalue weighted by molar-refractivity contribution is 5.77. The molecule has 1 atom stereocenters. The van der Waals surface area contributed by atoms with E-state index in [4.69, 9.17) is 5.11 Å². The number of hydrogen-bond acceptors (Lipinski definition) is 3. The van der Waals surface area contributed by atoms with Crippen molar-refractivity contribution in [3.05, 3.63) is 18.0 Å². The molecular weight excluding hydrogens is 246 g/mol. The number of aromatic nitrogens is 2. The molecule has 2 rings (SSSR count). The van der Waals surface area contributed by atoms with E-state index in [1.807, 2.05) is 13.0 Å². The minimum absolute atomic E-state index is 0.0316. The lowest BCUT2D eigenvalue weighted by molar-refractivity contribution is -0.142. The Balaban J connectivity index is 2.03. The molecule has 104 valence electrons. The van der Waals surface area contributed by atoms with Gasteiger partial charge in [-0.25, -0.2) is 0 Å². The van der Waals surface area contributed by atoms with Crippen LogP contribution in [0.5, 0.6) is 0 Å². The number of amides is 1. The molecule has 1 aromatic rings. The standard InChI is InChI=1S/C13H19N3O3/c1-10-5-6-14-16(10)9-12(17)15-7-3-2-4-11(15)8-13(18)19/h5-6,11H,2-4,7-9H2,1H3,(H,18,19). The van der Waals surface area contributed by atoms with Crippen LogP contribution in [0.2, 0.25) is 0 Å². The lowest BCUT2D eigenvalue weighted by atomic mass is 9.99. The molecule has 2 heterocycles. The van der Waals surface area contributed by atoms with Crippen molar-refractivity contribution in [3.63, 3.8) is 0 Å². The van der Waals surface area contributed by atoms with Crippen molar-refractivity contribution in [3.8, 4) is 0 Å². The predicted octanol–water partition coefficient (Wildman–Crippen LogP) is 1.05. The van der Waals surface area contributed by atoms with Gasteiger partial charge in [-0.3, -0.25) is 14.3 Å². The van der Waals surface area contributed by atoms with Crippen molar-refractivity contribution in [2.75, 3.05) is 6.54 Å². The van der Waals surface area contributed by atoms with Gasteiger partial charge in [-0.15, -0.1) is 0 Å². The number of carboxylic acids is 1. The molecule has 1 amide bonds. The van der Waals surface area contributed by atoms with E-state index in [0.29, 0.717) is 6.54 Å². The van der Waals surface area contributed by atoms with Crippen LogP contribution in [0.25, 0.3) is 0 Å². The van der Waals surface area contributed by atoms with Crippen LogP contribution in [0.15, 0.2) is 12.3 Å². The summed E-state index contributed by atoms with van der Waals surface area (Å²) in [6, 6.07) is 1.67. The largest absolute Gasteiger partial charge is 0.481 e. The van der Waals surface area contributed by atoms with Crippen molar-refractivity contribution in [2.24, 2.45) is 0 Å². The Kier molecular flexibility index (Phi) is 4.19. The zero-order chi connectivity index (χ0) is 13.8. The van der Waals surface area contributed by atoms with Gasteiger partial charge in [0.15, 0.2) is 0 Å². The fraction of sp³-hybridized carbons (Fsp3) is 0.615. The molecule has 0 spiro atoms. The van der Waals surface area contributed by atoms with Gasteiger partial charge in [0.1, 0.15) is 6.54 Å². The minimum atomic E-state index is -0.847. The Morgan fingerprint density at radius 1 is 1.47 bits per heavy atom. The second-order valence-corrected chi connectivity index (χ2v) is 4.96. The Hall–Kier alpha value is -1.85. The summed E-state index contributed by atoms with van der Waals surface area (Å²) in [5.74, 6) is -0.891. The van der Waals surface area contributed by atoms with Crippen LogP contribution in [0.3, 0.4) is 0 Å². The third-order valence-corrected chi connectivity index (χ3v) is 3.57. The molecular formula is C13H19N3O3. The number of carboxylic acid groups (broad SMARTS) is 1. The van der Waals surface area contributed by atoms with Crippen LogP contribution in [0.4, 0.5) is 0 Å². The molecule has 0 radical (unpaired) electrons. The summed E-state index contributed by atoms with van der Waals surface area (Å²) in [4.78, 5) is 24.8. The number of piperidine rings is 1. The molecule has 19 heavy (non-hydrogen) atoms. The Bertz CT molecular complexity index is 469. The summed E-state index contributed by atoms with van der Waals surface area (Å²) in [7, 11) is 0. The number of nitrogens with zero attached hydrogens (tertiary/aromatic N) is 3. The van der Waals surface area contributed by atoms with Gasteiger partial charge >= 0.3 is 5.97 Å². The molecule has 0 aliphatic carbocycles. The van der Waals surface area contributed by atoms with E-state index < -0.39 is 5.97 Å². The molecule has 1 unspecified atom stereocenters. The second kappa shape index (κ2) is 5.86. The van der Waals surface area contributed by atoms with E-state index in [2.05, 4.69) is 5.10 Å². The first-order chi connectivity index (χ1) is 9.08. The van der Waals surface area contributed by atoms with Gasteiger partial charge in [0.25, 0.3) is 0 Å². The molecule has 6 heteroatoms. The molecule has 1 saturated heterocycles. The fourth-order valence-electron chi connectivity index (χ4n) is 2.53. The van der Waals surface area contributed by atoms with E-state index >= 15 is 0 Å². The van der Waals surface area contributed by atoms with Crippen molar-refractivity contribution in [1.82, 2.24) is 14.7 Å². The zero-order valence-electron chi connectivity index (χ0n) is 11.1. The monoisotopic (exact) mass is 265 g/mol. The number of hydrogen-bond donors (Lipinski definition) is 1. The van der Waals surface area contributed by atoms with Crippen LogP contribution in [-0.2, 0) is 16.1 Å². The number of likely N-dealkylation sites (tertiary alicyclic amines) is 1. The highest BCUT2D eigenvalue weighted by Gasteiger charge is 2.28. The average Bonchev–Trinajstić information content (AvgIpc) is 2.75. The first-order valence-electron chi connectivity index (χ1n) is 6.57. The maximum Gasteiger partial charge on any atom is 0.305 e. The van der Waals surface area contributed by atoms with Crippen LogP contribution in [0.1, 0.15) is 31.4 Å². The van der Waals surface area contributed by atoms with Gasteiger partial charge in [0.05, 0.1) is 6.42 Å². The average molecular weight is 265 g/mol. The van der Waals surface area contributed by atoms with Crippen molar-refractivity contribution < 1.29 is 14.7 Å². The van der Waals surface area contributed by atoms with Crippen molar-refractivity contribution >= 4 is 11.9 Å². The molecule has 0 aromatic carbocycles. The van der Waals surface area contributed by atoms with E-state index in [0.717, 1.165) is 25.0 Å². The summed E-state index contributed by atoms with van der Waals surface area (Å²) in [5.41, 5.74) is 0.931. The number of rotatable bonds is 4. The SMILES string of the molecule is Cc1ccnn1CC(=O)N1CCCCC1CC(=O)O. The summed E-state index contributed by atoms with van der Waals surface area (Å²) in [6.45, 7) is 2.73. The Morgan fingerprint density at radius 2 is 2.26 bits per heavy atom. The zero-order valence-corrected chi connectivity index (χ0v) is 11.1. The highest BCUT2D eigenvalue weighted by atomic mass is 16.4. The molecule has 1 aliphatic heterocycles. The van der Waals surface area contributed by atoms with Gasteiger partial charge in [0, 0.05) is 24.5 Å². The molecule has 1 fully saturated rings.